The molecule has 1 aromatic carbocycles. The molecule has 1 aliphatic carbocycles. The first-order valence-corrected chi connectivity index (χ1v) is 5.71. The number of Topliss-reactive ketones (excluding diaryl/α,β-unsaturated/α-hetero) is 1. The van der Waals surface area contributed by atoms with E-state index in [2.05, 4.69) is 5.73 Å². The lowest BCUT2D eigenvalue weighted by molar-refractivity contribution is -0.433. The minimum atomic E-state index is 0.154. The van der Waals surface area contributed by atoms with Crippen LogP contribution in [0.25, 0.3) is 0 Å². The molecule has 1 aliphatic rings. The van der Waals surface area contributed by atoms with E-state index in [9.17, 15) is 4.79 Å². The maximum absolute atomic E-state index is 12.2. The fourth-order valence-electron chi connectivity index (χ4n) is 2.37. The Labute approximate surface area is 90.5 Å². The molecular formula is C13H18NO+. The van der Waals surface area contributed by atoms with E-state index in [1.54, 1.807) is 0 Å². The Morgan fingerprint density at radius 1 is 1.13 bits per heavy atom. The highest BCUT2D eigenvalue weighted by Gasteiger charge is 2.31. The molecule has 1 aromatic rings. The molecule has 2 nitrogen and oxygen atoms in total. The van der Waals surface area contributed by atoms with Crippen molar-refractivity contribution in [3.05, 3.63) is 35.9 Å². The van der Waals surface area contributed by atoms with Crippen molar-refractivity contribution in [2.45, 2.75) is 31.7 Å². The average molecular weight is 204 g/mol. The molecule has 1 saturated carbocycles. The normalized spacial score (nSPS) is 26.2. The molecule has 3 N–H and O–H groups in total. The lowest BCUT2D eigenvalue weighted by atomic mass is 9.80. The van der Waals surface area contributed by atoms with E-state index in [0.29, 0.717) is 6.04 Å². The number of ketones is 1. The summed E-state index contributed by atoms with van der Waals surface area (Å²) in [6.45, 7) is 0. The largest absolute Gasteiger partial charge is 0.355 e. The Balaban J connectivity index is 2.13. The fraction of sp³-hybridized carbons (Fsp3) is 0.462. The Hall–Kier alpha value is -1.15. The van der Waals surface area contributed by atoms with Crippen molar-refractivity contribution in [2.24, 2.45) is 5.92 Å². The number of carbonyl (C=O) groups is 1. The van der Waals surface area contributed by atoms with Crippen LogP contribution in [0.2, 0.25) is 0 Å². The molecule has 0 radical (unpaired) electrons. The first-order valence-electron chi connectivity index (χ1n) is 5.71. The van der Waals surface area contributed by atoms with E-state index in [-0.39, 0.29) is 11.7 Å². The van der Waals surface area contributed by atoms with Crippen LogP contribution in [-0.4, -0.2) is 11.8 Å². The van der Waals surface area contributed by atoms with Crippen LogP contribution in [0.1, 0.15) is 36.0 Å². The van der Waals surface area contributed by atoms with Crippen LogP contribution in [0, 0.1) is 5.92 Å². The van der Waals surface area contributed by atoms with E-state index in [4.69, 9.17) is 0 Å². The van der Waals surface area contributed by atoms with Gasteiger partial charge >= 0.3 is 0 Å². The van der Waals surface area contributed by atoms with Crippen molar-refractivity contribution in [2.75, 3.05) is 0 Å². The van der Waals surface area contributed by atoms with Crippen molar-refractivity contribution in [1.29, 1.82) is 0 Å². The number of hydrogen-bond acceptors (Lipinski definition) is 1. The molecule has 2 atom stereocenters. The first kappa shape index (κ1) is 10.4. The zero-order valence-corrected chi connectivity index (χ0v) is 8.99. The molecule has 0 saturated heterocycles. The van der Waals surface area contributed by atoms with Crippen LogP contribution in [0.4, 0.5) is 0 Å². The molecule has 0 unspecified atom stereocenters. The molecule has 0 spiro atoms. The van der Waals surface area contributed by atoms with E-state index in [1.807, 2.05) is 30.3 Å². The van der Waals surface area contributed by atoms with Crippen LogP contribution in [0.5, 0.6) is 0 Å². The second-order valence-corrected chi connectivity index (χ2v) is 4.38. The van der Waals surface area contributed by atoms with Crippen molar-refractivity contribution in [3.63, 3.8) is 0 Å². The minimum Gasteiger partial charge on any atom is -0.355 e. The second-order valence-electron chi connectivity index (χ2n) is 4.38. The van der Waals surface area contributed by atoms with Crippen molar-refractivity contribution in [1.82, 2.24) is 0 Å². The quantitative estimate of drug-likeness (QED) is 0.732. The van der Waals surface area contributed by atoms with E-state index in [0.717, 1.165) is 18.4 Å². The van der Waals surface area contributed by atoms with Gasteiger partial charge in [-0.15, -0.1) is 0 Å². The van der Waals surface area contributed by atoms with Gasteiger partial charge in [0.15, 0.2) is 5.78 Å². The molecule has 0 aromatic heterocycles. The topological polar surface area (TPSA) is 44.7 Å². The monoisotopic (exact) mass is 204 g/mol. The summed E-state index contributed by atoms with van der Waals surface area (Å²) in [5, 5.41) is 0. The number of benzene rings is 1. The maximum atomic E-state index is 12.2. The third kappa shape index (κ3) is 2.26. The van der Waals surface area contributed by atoms with Crippen molar-refractivity contribution >= 4 is 5.78 Å². The predicted octanol–water partition coefficient (Wildman–Crippen LogP) is 1.67. The summed E-state index contributed by atoms with van der Waals surface area (Å²) < 4.78 is 0. The summed E-state index contributed by atoms with van der Waals surface area (Å²) >= 11 is 0. The summed E-state index contributed by atoms with van der Waals surface area (Å²) in [6.07, 6.45) is 4.52. The summed E-state index contributed by atoms with van der Waals surface area (Å²) in [7, 11) is 0. The van der Waals surface area contributed by atoms with Crippen LogP contribution in [-0.2, 0) is 0 Å². The van der Waals surface area contributed by atoms with Gasteiger partial charge in [0, 0.05) is 5.56 Å². The third-order valence-electron chi connectivity index (χ3n) is 3.30. The predicted molar refractivity (Wildman–Crippen MR) is 59.4 cm³/mol. The van der Waals surface area contributed by atoms with Gasteiger partial charge in [-0.1, -0.05) is 36.8 Å². The molecule has 0 heterocycles. The van der Waals surface area contributed by atoms with Crippen LogP contribution in [0.3, 0.4) is 0 Å². The number of quaternary nitrogens is 1. The van der Waals surface area contributed by atoms with E-state index in [1.165, 1.54) is 12.8 Å². The van der Waals surface area contributed by atoms with Gasteiger partial charge < -0.3 is 5.73 Å². The van der Waals surface area contributed by atoms with Gasteiger partial charge in [-0.3, -0.25) is 4.79 Å². The fourth-order valence-corrected chi connectivity index (χ4v) is 2.37. The van der Waals surface area contributed by atoms with Gasteiger partial charge in [-0.2, -0.15) is 0 Å². The Bertz CT molecular complexity index is 334. The van der Waals surface area contributed by atoms with Crippen LogP contribution >= 0.6 is 0 Å². The lowest BCUT2D eigenvalue weighted by Gasteiger charge is -2.24. The molecule has 0 bridgehead atoms. The Morgan fingerprint density at radius 2 is 1.80 bits per heavy atom. The van der Waals surface area contributed by atoms with Crippen molar-refractivity contribution in [3.8, 4) is 0 Å². The highest BCUT2D eigenvalue weighted by molar-refractivity contribution is 5.98. The van der Waals surface area contributed by atoms with Crippen LogP contribution < -0.4 is 5.73 Å². The smallest absolute Gasteiger partial charge is 0.171 e. The number of hydrogen-bond donors (Lipinski definition) is 1. The molecule has 0 amide bonds. The molecule has 1 fully saturated rings. The van der Waals surface area contributed by atoms with Crippen molar-refractivity contribution < 1.29 is 10.5 Å². The highest BCUT2D eigenvalue weighted by Crippen LogP contribution is 2.25. The van der Waals surface area contributed by atoms with Gasteiger partial charge in [-0.25, -0.2) is 0 Å². The lowest BCUT2D eigenvalue weighted by Crippen LogP contribution is -2.66. The Morgan fingerprint density at radius 3 is 2.47 bits per heavy atom. The van der Waals surface area contributed by atoms with Gasteiger partial charge in [0.25, 0.3) is 0 Å². The molecule has 15 heavy (non-hydrogen) atoms. The summed E-state index contributed by atoms with van der Waals surface area (Å²) in [5.41, 5.74) is 4.95. The molecule has 2 heteroatoms. The summed E-state index contributed by atoms with van der Waals surface area (Å²) in [5.74, 6) is 0.441. The van der Waals surface area contributed by atoms with Crippen LogP contribution in [0.15, 0.2) is 30.3 Å². The molecule has 2 rings (SSSR count). The molecule has 0 aliphatic heterocycles. The summed E-state index contributed by atoms with van der Waals surface area (Å²) in [6, 6.07) is 9.92. The standard InChI is InChI=1S/C13H17NO/c14-12-9-5-4-8-11(12)13(15)10-6-2-1-3-7-10/h1-3,6-7,11-12H,4-5,8-9,14H2/p+1/t11-,12-/m1/s1. The van der Waals surface area contributed by atoms with E-state index < -0.39 is 0 Å². The average Bonchev–Trinajstić information content (AvgIpc) is 2.30. The SMILES string of the molecule is [NH3+][C@@H]1CCCC[C@H]1C(=O)c1ccccc1. The summed E-state index contributed by atoms with van der Waals surface area (Å²) in [4.78, 5) is 12.2. The third-order valence-corrected chi connectivity index (χ3v) is 3.30. The second kappa shape index (κ2) is 4.58. The number of carbonyl (C=O) groups excluding carboxylic acids is 1. The molecule has 80 valence electrons. The minimum absolute atomic E-state index is 0.154. The van der Waals surface area contributed by atoms with Gasteiger partial charge in [-0.05, 0) is 19.3 Å². The maximum Gasteiger partial charge on any atom is 0.171 e. The van der Waals surface area contributed by atoms with Gasteiger partial charge in [0.1, 0.15) is 0 Å². The number of rotatable bonds is 2. The highest BCUT2D eigenvalue weighted by atomic mass is 16.1. The van der Waals surface area contributed by atoms with E-state index >= 15 is 0 Å². The van der Waals surface area contributed by atoms with Gasteiger partial charge in [0.2, 0.25) is 0 Å². The zero-order chi connectivity index (χ0) is 10.7. The van der Waals surface area contributed by atoms with Gasteiger partial charge in [0.05, 0.1) is 12.0 Å². The first-order chi connectivity index (χ1) is 7.29. The zero-order valence-electron chi connectivity index (χ0n) is 8.99. The molecular weight excluding hydrogens is 186 g/mol. The Kier molecular flexibility index (Phi) is 3.17.